The Kier molecular flexibility index (Phi) is 4.78. The van der Waals surface area contributed by atoms with Gasteiger partial charge in [0.05, 0.1) is 23.4 Å². The lowest BCUT2D eigenvalue weighted by atomic mass is 9.63. The summed E-state index contributed by atoms with van der Waals surface area (Å²) in [6.45, 7) is 4.22. The largest absolute Gasteiger partial charge is 0.426 e. The summed E-state index contributed by atoms with van der Waals surface area (Å²) in [7, 11) is 0. The SMILES string of the molecule is Cc1cccc(N2C[C@H](C(=O)Oc3cccc(N4C(=O)[C@@H]5[C@H]6C=C[C@@H]([C@@H]7C[C@@H]67)[C@H]5C4=O)c3)CC2=O)c1C. The minimum absolute atomic E-state index is 0.0798. The van der Waals surface area contributed by atoms with Crippen LogP contribution in [0.15, 0.2) is 54.6 Å². The Labute approximate surface area is 215 Å². The van der Waals surface area contributed by atoms with Gasteiger partial charge in [-0.25, -0.2) is 4.90 Å². The van der Waals surface area contributed by atoms with Gasteiger partial charge in [-0.3, -0.25) is 19.2 Å². The molecule has 4 fully saturated rings. The van der Waals surface area contributed by atoms with Crippen LogP contribution in [-0.2, 0) is 19.2 Å². The highest BCUT2D eigenvalue weighted by molar-refractivity contribution is 6.22. The standard InChI is InChI=1S/C30H28N2O5/c1-15-5-3-8-24(16(15)2)31-14-17(11-25(31)33)30(36)37-19-7-4-6-18(12-19)32-28(34)26-20-9-10-21(23-13-22(20)23)27(26)29(32)35/h3-10,12,17,20-23,26-27H,11,13-14H2,1-2H3/t17-,20+,21+,22+,23+,26-,27-/m1/s1. The molecule has 7 atom stereocenters. The molecule has 8 rings (SSSR count). The van der Waals surface area contributed by atoms with E-state index in [0.29, 0.717) is 17.5 Å². The Balaban J connectivity index is 1.08. The third-order valence-electron chi connectivity index (χ3n) is 9.28. The zero-order valence-electron chi connectivity index (χ0n) is 20.8. The Morgan fingerprint density at radius 3 is 2.30 bits per heavy atom. The Bertz CT molecular complexity index is 1380. The predicted octanol–water partition coefficient (Wildman–Crippen LogP) is 3.82. The van der Waals surface area contributed by atoms with E-state index in [9.17, 15) is 19.2 Å². The van der Waals surface area contributed by atoms with Crippen molar-refractivity contribution < 1.29 is 23.9 Å². The molecule has 2 aromatic rings. The highest BCUT2D eigenvalue weighted by Gasteiger charge is 2.67. The number of benzene rings is 2. The number of carbonyl (C=O) groups excluding carboxylic acids is 4. The molecule has 6 aliphatic rings. The number of allylic oxidation sites excluding steroid dienone is 2. The van der Waals surface area contributed by atoms with Crippen molar-refractivity contribution in [3.8, 4) is 5.75 Å². The van der Waals surface area contributed by atoms with Crippen molar-refractivity contribution in [3.63, 3.8) is 0 Å². The van der Waals surface area contributed by atoms with E-state index in [0.717, 1.165) is 23.2 Å². The molecule has 4 aliphatic carbocycles. The first-order valence-corrected chi connectivity index (χ1v) is 13.1. The van der Waals surface area contributed by atoms with Gasteiger partial charge in [-0.05, 0) is 73.3 Å². The monoisotopic (exact) mass is 496 g/mol. The number of esters is 1. The van der Waals surface area contributed by atoms with E-state index in [-0.39, 0.29) is 60.1 Å². The molecule has 2 aromatic carbocycles. The first-order chi connectivity index (χ1) is 17.8. The molecular weight excluding hydrogens is 468 g/mol. The van der Waals surface area contributed by atoms with Gasteiger partial charge in [0, 0.05) is 24.7 Å². The quantitative estimate of drug-likeness (QED) is 0.278. The summed E-state index contributed by atoms with van der Waals surface area (Å²) in [4.78, 5) is 55.6. The fraction of sp³-hybridized carbons (Fsp3) is 0.400. The molecular formula is C30H28N2O5. The summed E-state index contributed by atoms with van der Waals surface area (Å²) in [5.41, 5.74) is 3.34. The number of amides is 3. The van der Waals surface area contributed by atoms with Crippen LogP contribution in [0.5, 0.6) is 5.75 Å². The first-order valence-electron chi connectivity index (χ1n) is 13.1. The minimum Gasteiger partial charge on any atom is -0.426 e. The van der Waals surface area contributed by atoms with Gasteiger partial charge in [-0.2, -0.15) is 0 Å². The topological polar surface area (TPSA) is 84.0 Å². The molecule has 2 aliphatic heterocycles. The number of anilines is 2. The maximum Gasteiger partial charge on any atom is 0.316 e. The van der Waals surface area contributed by atoms with Crippen LogP contribution < -0.4 is 14.5 Å². The van der Waals surface area contributed by atoms with Gasteiger partial charge < -0.3 is 9.64 Å². The van der Waals surface area contributed by atoms with Crippen LogP contribution in [0.25, 0.3) is 0 Å². The first kappa shape index (κ1) is 22.5. The van der Waals surface area contributed by atoms with Crippen molar-refractivity contribution in [2.75, 3.05) is 16.3 Å². The number of ether oxygens (including phenoxy) is 1. The maximum atomic E-state index is 13.4. The van der Waals surface area contributed by atoms with Crippen molar-refractivity contribution in [3.05, 3.63) is 65.7 Å². The van der Waals surface area contributed by atoms with Crippen molar-refractivity contribution in [1.29, 1.82) is 0 Å². The molecule has 7 nitrogen and oxygen atoms in total. The van der Waals surface area contributed by atoms with Crippen molar-refractivity contribution >= 4 is 35.1 Å². The number of rotatable bonds is 4. The van der Waals surface area contributed by atoms with E-state index in [1.807, 2.05) is 32.0 Å². The molecule has 0 spiro atoms. The molecule has 7 heteroatoms. The minimum atomic E-state index is -0.595. The van der Waals surface area contributed by atoms with Gasteiger partial charge in [-0.1, -0.05) is 30.4 Å². The Hall–Kier alpha value is -3.74. The van der Waals surface area contributed by atoms with Crippen LogP contribution in [0.2, 0.25) is 0 Å². The van der Waals surface area contributed by atoms with Crippen molar-refractivity contribution in [2.45, 2.75) is 26.7 Å². The zero-order valence-corrected chi connectivity index (χ0v) is 20.8. The van der Waals surface area contributed by atoms with E-state index in [2.05, 4.69) is 12.2 Å². The lowest BCUT2D eigenvalue weighted by Gasteiger charge is -2.37. The summed E-state index contributed by atoms with van der Waals surface area (Å²) < 4.78 is 5.67. The van der Waals surface area contributed by atoms with E-state index < -0.39 is 11.9 Å². The molecule has 0 aromatic heterocycles. The van der Waals surface area contributed by atoms with Gasteiger partial charge in [0.25, 0.3) is 0 Å². The van der Waals surface area contributed by atoms with E-state index >= 15 is 0 Å². The van der Waals surface area contributed by atoms with Crippen LogP contribution >= 0.6 is 0 Å². The fourth-order valence-electron chi connectivity index (χ4n) is 7.22. The number of aryl methyl sites for hydroxylation is 1. The molecule has 2 saturated carbocycles. The van der Waals surface area contributed by atoms with Crippen LogP contribution in [0.1, 0.15) is 24.0 Å². The Morgan fingerprint density at radius 2 is 1.59 bits per heavy atom. The molecule has 0 radical (unpaired) electrons. The lowest BCUT2D eigenvalue weighted by Crippen LogP contribution is -2.40. The van der Waals surface area contributed by atoms with Gasteiger partial charge in [-0.15, -0.1) is 0 Å². The van der Waals surface area contributed by atoms with Gasteiger partial charge in [0.1, 0.15) is 5.75 Å². The second-order valence-corrected chi connectivity index (χ2v) is 11.2. The van der Waals surface area contributed by atoms with E-state index in [4.69, 9.17) is 4.74 Å². The van der Waals surface area contributed by atoms with Crippen LogP contribution in [-0.4, -0.2) is 30.2 Å². The van der Waals surface area contributed by atoms with Crippen molar-refractivity contribution in [2.24, 2.45) is 41.4 Å². The zero-order chi connectivity index (χ0) is 25.6. The molecule has 3 amide bonds. The smallest absolute Gasteiger partial charge is 0.316 e. The molecule has 188 valence electrons. The van der Waals surface area contributed by atoms with Crippen LogP contribution in [0, 0.1) is 55.3 Å². The van der Waals surface area contributed by atoms with E-state index in [1.54, 1.807) is 29.2 Å². The molecule has 0 N–H and O–H groups in total. The number of hydrogen-bond donors (Lipinski definition) is 0. The number of imide groups is 1. The van der Waals surface area contributed by atoms with E-state index in [1.165, 1.54) is 4.90 Å². The van der Waals surface area contributed by atoms with Crippen LogP contribution in [0.4, 0.5) is 11.4 Å². The second-order valence-electron chi connectivity index (χ2n) is 11.2. The van der Waals surface area contributed by atoms with Gasteiger partial charge in [0.2, 0.25) is 17.7 Å². The van der Waals surface area contributed by atoms with Crippen molar-refractivity contribution in [1.82, 2.24) is 0 Å². The number of nitrogens with zero attached hydrogens (tertiary/aromatic N) is 2. The number of hydrogen-bond acceptors (Lipinski definition) is 5. The second kappa shape index (κ2) is 7.88. The average molecular weight is 497 g/mol. The summed E-state index contributed by atoms with van der Waals surface area (Å²) in [5.74, 6) is -0.393. The predicted molar refractivity (Wildman–Crippen MR) is 136 cm³/mol. The summed E-state index contributed by atoms with van der Waals surface area (Å²) >= 11 is 0. The van der Waals surface area contributed by atoms with Crippen LogP contribution in [0.3, 0.4) is 0 Å². The highest BCUT2D eigenvalue weighted by Crippen LogP contribution is 2.65. The molecule has 2 bridgehead atoms. The lowest BCUT2D eigenvalue weighted by molar-refractivity contribution is -0.139. The van der Waals surface area contributed by atoms with Gasteiger partial charge >= 0.3 is 5.97 Å². The Morgan fingerprint density at radius 1 is 0.919 bits per heavy atom. The highest BCUT2D eigenvalue weighted by atomic mass is 16.5. The molecule has 0 unspecified atom stereocenters. The maximum absolute atomic E-state index is 13.4. The third-order valence-corrected chi connectivity index (χ3v) is 9.28. The molecule has 2 heterocycles. The summed E-state index contributed by atoms with van der Waals surface area (Å²) in [6, 6.07) is 12.4. The normalized spacial score (nSPS) is 33.1. The molecule has 2 saturated heterocycles. The summed E-state index contributed by atoms with van der Waals surface area (Å²) in [6.07, 6.45) is 5.50. The summed E-state index contributed by atoms with van der Waals surface area (Å²) in [5, 5.41) is 0. The fourth-order valence-corrected chi connectivity index (χ4v) is 7.22. The number of carbonyl (C=O) groups is 4. The molecule has 37 heavy (non-hydrogen) atoms. The van der Waals surface area contributed by atoms with Gasteiger partial charge in [0.15, 0.2) is 0 Å². The average Bonchev–Trinajstić information content (AvgIpc) is 3.56. The third kappa shape index (κ3) is 3.26.